The van der Waals surface area contributed by atoms with Crippen molar-refractivity contribution in [3.8, 4) is 5.75 Å². The summed E-state index contributed by atoms with van der Waals surface area (Å²) in [6.07, 6.45) is 2.33. The molecule has 1 aliphatic rings. The van der Waals surface area contributed by atoms with Gasteiger partial charge in [0, 0.05) is 18.4 Å². The van der Waals surface area contributed by atoms with E-state index in [1.807, 2.05) is 36.4 Å². The van der Waals surface area contributed by atoms with Crippen molar-refractivity contribution in [1.29, 1.82) is 0 Å². The van der Waals surface area contributed by atoms with Crippen LogP contribution in [-0.2, 0) is 13.0 Å². The van der Waals surface area contributed by atoms with Crippen molar-refractivity contribution in [3.63, 3.8) is 0 Å². The largest absolute Gasteiger partial charge is 0.487 e. The average Bonchev–Trinajstić information content (AvgIpc) is 2.68. The molecule has 0 bridgehead atoms. The highest BCUT2D eigenvalue weighted by Gasteiger charge is 2.26. The minimum atomic E-state index is -0.316. The maximum Gasteiger partial charge on any atom is 0.260 e. The van der Waals surface area contributed by atoms with Gasteiger partial charge >= 0.3 is 0 Å². The lowest BCUT2D eigenvalue weighted by Gasteiger charge is -2.28. The number of ether oxygens (including phenoxy) is 1. The van der Waals surface area contributed by atoms with E-state index in [0.717, 1.165) is 23.4 Å². The van der Waals surface area contributed by atoms with Crippen LogP contribution in [0.3, 0.4) is 0 Å². The molecule has 130 valence electrons. The van der Waals surface area contributed by atoms with E-state index in [1.165, 1.54) is 12.1 Å². The Labute approximate surface area is 150 Å². The molecule has 1 aromatic heterocycles. The highest BCUT2D eigenvalue weighted by Crippen LogP contribution is 2.25. The van der Waals surface area contributed by atoms with Gasteiger partial charge in [0.25, 0.3) is 5.91 Å². The van der Waals surface area contributed by atoms with Gasteiger partial charge in [-0.25, -0.2) is 4.39 Å². The molecular weight excluding hydrogens is 331 g/mol. The van der Waals surface area contributed by atoms with Crippen molar-refractivity contribution >= 4 is 11.6 Å². The second-order valence-electron chi connectivity index (χ2n) is 6.12. The third-order valence-electron chi connectivity index (χ3n) is 4.39. The zero-order valence-electron chi connectivity index (χ0n) is 14.1. The number of amides is 1. The Morgan fingerprint density at radius 2 is 1.85 bits per heavy atom. The fourth-order valence-electron chi connectivity index (χ4n) is 3.05. The summed E-state index contributed by atoms with van der Waals surface area (Å²) in [6.45, 7) is 0.910. The molecule has 2 aromatic carbocycles. The number of hydrogen-bond donors (Lipinski definition) is 0. The van der Waals surface area contributed by atoms with Gasteiger partial charge in [-0.1, -0.05) is 18.2 Å². The van der Waals surface area contributed by atoms with E-state index >= 15 is 0 Å². The van der Waals surface area contributed by atoms with Crippen LogP contribution in [0.1, 0.15) is 21.6 Å². The molecule has 0 aliphatic carbocycles. The summed E-state index contributed by atoms with van der Waals surface area (Å²) in [5.41, 5.74) is 3.04. The van der Waals surface area contributed by atoms with Crippen LogP contribution in [0.4, 0.5) is 10.1 Å². The molecule has 0 unspecified atom stereocenters. The summed E-state index contributed by atoms with van der Waals surface area (Å²) in [4.78, 5) is 18.8. The molecule has 0 N–H and O–H groups in total. The molecule has 0 atom stereocenters. The first-order valence-corrected chi connectivity index (χ1v) is 8.44. The minimum Gasteiger partial charge on any atom is -0.487 e. The highest BCUT2D eigenvalue weighted by atomic mass is 19.1. The van der Waals surface area contributed by atoms with Crippen molar-refractivity contribution in [3.05, 3.63) is 89.5 Å². The molecule has 1 amide bonds. The number of para-hydroxylation sites is 1. The number of nitrogens with zero attached hydrogens (tertiary/aromatic N) is 2. The molecule has 0 saturated carbocycles. The van der Waals surface area contributed by atoms with Crippen LogP contribution in [0.5, 0.6) is 5.75 Å². The molecule has 1 aliphatic heterocycles. The van der Waals surface area contributed by atoms with E-state index in [-0.39, 0.29) is 11.7 Å². The molecule has 0 radical (unpaired) electrons. The molecule has 0 saturated heterocycles. The van der Waals surface area contributed by atoms with Crippen LogP contribution in [0.2, 0.25) is 0 Å². The Kier molecular flexibility index (Phi) is 4.35. The predicted octanol–water partition coefficient (Wildman–Crippen LogP) is 4.00. The van der Waals surface area contributed by atoms with E-state index in [4.69, 9.17) is 4.74 Å². The lowest BCUT2D eigenvalue weighted by molar-refractivity contribution is 0.0980. The maximum absolute atomic E-state index is 13.1. The normalized spacial score (nSPS) is 13.4. The number of anilines is 1. The van der Waals surface area contributed by atoms with Gasteiger partial charge in [0.05, 0.1) is 11.3 Å². The number of halogens is 1. The maximum atomic E-state index is 13.1. The third-order valence-corrected chi connectivity index (χ3v) is 4.39. The van der Waals surface area contributed by atoms with Crippen LogP contribution in [-0.4, -0.2) is 17.4 Å². The van der Waals surface area contributed by atoms with Gasteiger partial charge in [-0.2, -0.15) is 0 Å². The summed E-state index contributed by atoms with van der Waals surface area (Å²) >= 11 is 0. The summed E-state index contributed by atoms with van der Waals surface area (Å²) in [5, 5.41) is 0. The second kappa shape index (κ2) is 6.96. The van der Waals surface area contributed by atoms with E-state index in [0.29, 0.717) is 24.4 Å². The van der Waals surface area contributed by atoms with Gasteiger partial charge in [-0.05, 0) is 54.4 Å². The van der Waals surface area contributed by atoms with Crippen LogP contribution < -0.4 is 9.64 Å². The quantitative estimate of drug-likeness (QED) is 0.716. The molecule has 0 fully saturated rings. The Morgan fingerprint density at radius 3 is 2.62 bits per heavy atom. The summed E-state index contributed by atoms with van der Waals surface area (Å²) in [6, 6.07) is 17.4. The van der Waals surface area contributed by atoms with Crippen molar-refractivity contribution in [1.82, 2.24) is 4.98 Å². The van der Waals surface area contributed by atoms with Gasteiger partial charge in [0.2, 0.25) is 0 Å². The molecule has 4 rings (SSSR count). The Balaban J connectivity index is 1.51. The second-order valence-corrected chi connectivity index (χ2v) is 6.12. The Morgan fingerprint density at radius 1 is 1.08 bits per heavy atom. The number of benzene rings is 2. The van der Waals surface area contributed by atoms with Crippen molar-refractivity contribution in [2.24, 2.45) is 0 Å². The first kappa shape index (κ1) is 16.3. The van der Waals surface area contributed by atoms with Crippen molar-refractivity contribution < 1.29 is 13.9 Å². The number of fused-ring (bicyclic) bond motifs is 1. The molecule has 2 heterocycles. The lowest BCUT2D eigenvalue weighted by atomic mass is 9.99. The summed E-state index contributed by atoms with van der Waals surface area (Å²) < 4.78 is 18.8. The Bertz CT molecular complexity index is 927. The van der Waals surface area contributed by atoms with Crippen molar-refractivity contribution in [2.45, 2.75) is 13.0 Å². The predicted molar refractivity (Wildman–Crippen MR) is 96.8 cm³/mol. The standard InChI is InChI=1S/C21H17FN2O2/c22-16-6-8-18(9-7-16)24-11-10-15-12-17(23-13-20(15)21(24)25)14-26-19-4-2-1-3-5-19/h1-9,12-13H,10-11,14H2. The zero-order valence-corrected chi connectivity index (χ0v) is 14.1. The topological polar surface area (TPSA) is 42.4 Å². The molecule has 5 heteroatoms. The molecule has 3 aromatic rings. The SMILES string of the molecule is O=C1c2cnc(COc3ccccc3)cc2CCN1c1ccc(F)cc1. The molecule has 26 heavy (non-hydrogen) atoms. The monoisotopic (exact) mass is 348 g/mol. The van der Waals surface area contributed by atoms with E-state index in [1.54, 1.807) is 23.2 Å². The van der Waals surface area contributed by atoms with E-state index in [2.05, 4.69) is 4.98 Å². The number of pyridine rings is 1. The molecule has 0 spiro atoms. The van der Waals surface area contributed by atoms with Gasteiger partial charge in [0.15, 0.2) is 0 Å². The first-order chi connectivity index (χ1) is 12.7. The summed E-state index contributed by atoms with van der Waals surface area (Å²) in [5.74, 6) is 0.356. The number of carbonyl (C=O) groups excluding carboxylic acids is 1. The van der Waals surface area contributed by atoms with Crippen LogP contribution in [0, 0.1) is 5.82 Å². The number of hydrogen-bond acceptors (Lipinski definition) is 3. The number of rotatable bonds is 4. The van der Waals surface area contributed by atoms with Gasteiger partial charge < -0.3 is 9.64 Å². The fourth-order valence-corrected chi connectivity index (χ4v) is 3.05. The first-order valence-electron chi connectivity index (χ1n) is 8.44. The van der Waals surface area contributed by atoms with E-state index in [9.17, 15) is 9.18 Å². The van der Waals surface area contributed by atoms with Crippen molar-refractivity contribution in [2.75, 3.05) is 11.4 Å². The smallest absolute Gasteiger partial charge is 0.260 e. The van der Waals surface area contributed by atoms with Gasteiger partial charge in [-0.3, -0.25) is 9.78 Å². The van der Waals surface area contributed by atoms with Crippen LogP contribution in [0.25, 0.3) is 0 Å². The highest BCUT2D eigenvalue weighted by molar-refractivity contribution is 6.08. The Hall–Kier alpha value is -3.21. The van der Waals surface area contributed by atoms with Crippen LogP contribution in [0.15, 0.2) is 66.9 Å². The fraction of sp³-hybridized carbons (Fsp3) is 0.143. The summed E-state index contributed by atoms with van der Waals surface area (Å²) in [7, 11) is 0. The minimum absolute atomic E-state index is 0.110. The zero-order chi connectivity index (χ0) is 17.9. The third kappa shape index (κ3) is 3.28. The lowest BCUT2D eigenvalue weighted by Crippen LogP contribution is -2.37. The van der Waals surface area contributed by atoms with Gasteiger partial charge in [0.1, 0.15) is 18.2 Å². The number of aromatic nitrogens is 1. The van der Waals surface area contributed by atoms with Gasteiger partial charge in [-0.15, -0.1) is 0 Å². The molecular formula is C21H17FN2O2. The van der Waals surface area contributed by atoms with E-state index < -0.39 is 0 Å². The molecule has 4 nitrogen and oxygen atoms in total. The number of carbonyl (C=O) groups is 1. The average molecular weight is 348 g/mol. The van der Waals surface area contributed by atoms with Crippen LogP contribution >= 0.6 is 0 Å².